The van der Waals surface area contributed by atoms with Gasteiger partial charge in [0.1, 0.15) is 0 Å². The summed E-state index contributed by atoms with van der Waals surface area (Å²) in [5.74, 6) is -1.86. The molecule has 0 fully saturated rings. The Hall–Kier alpha value is -1.43. The standard InChI is InChI=1S/C11H18O6/c1-7(12)9(5-4-6-10(13)14)17-11(15)8(2)16-3/h8-9H,4-6H2,1-3H3,(H,13,14). The predicted molar refractivity (Wildman–Crippen MR) is 58.5 cm³/mol. The molecule has 0 aliphatic rings. The number of ether oxygens (including phenoxy) is 2. The van der Waals surface area contributed by atoms with Crippen LogP contribution in [0.2, 0.25) is 0 Å². The van der Waals surface area contributed by atoms with Crippen LogP contribution in [-0.2, 0) is 23.9 Å². The number of hydrogen-bond donors (Lipinski definition) is 1. The van der Waals surface area contributed by atoms with Crippen molar-refractivity contribution >= 4 is 17.7 Å². The van der Waals surface area contributed by atoms with Gasteiger partial charge in [-0.25, -0.2) is 4.79 Å². The number of rotatable bonds is 8. The van der Waals surface area contributed by atoms with Crippen LogP contribution in [0.25, 0.3) is 0 Å². The van der Waals surface area contributed by atoms with E-state index in [0.29, 0.717) is 0 Å². The van der Waals surface area contributed by atoms with E-state index in [1.54, 1.807) is 0 Å². The zero-order valence-corrected chi connectivity index (χ0v) is 10.3. The molecule has 0 bridgehead atoms. The topological polar surface area (TPSA) is 89.9 Å². The summed E-state index contributed by atoms with van der Waals surface area (Å²) in [5, 5.41) is 8.46. The van der Waals surface area contributed by atoms with Crippen LogP contribution >= 0.6 is 0 Å². The minimum atomic E-state index is -0.941. The SMILES string of the molecule is COC(C)C(=O)OC(CCCC(=O)O)C(C)=O. The normalized spacial score (nSPS) is 13.8. The molecule has 1 N–H and O–H groups in total. The first-order valence-electron chi connectivity index (χ1n) is 5.34. The lowest BCUT2D eigenvalue weighted by atomic mass is 10.1. The van der Waals surface area contributed by atoms with Crippen molar-refractivity contribution in [3.63, 3.8) is 0 Å². The number of esters is 1. The van der Waals surface area contributed by atoms with Crippen molar-refractivity contribution in [3.8, 4) is 0 Å². The fourth-order valence-corrected chi connectivity index (χ4v) is 1.12. The number of aliphatic carboxylic acids is 1. The largest absolute Gasteiger partial charge is 0.481 e. The summed E-state index contributed by atoms with van der Waals surface area (Å²) in [6, 6.07) is 0. The van der Waals surface area contributed by atoms with E-state index in [9.17, 15) is 14.4 Å². The maximum Gasteiger partial charge on any atom is 0.335 e. The molecule has 2 atom stereocenters. The van der Waals surface area contributed by atoms with Crippen molar-refractivity contribution in [1.29, 1.82) is 0 Å². The number of carbonyl (C=O) groups excluding carboxylic acids is 2. The molecule has 0 saturated carbocycles. The van der Waals surface area contributed by atoms with Gasteiger partial charge in [0.15, 0.2) is 18.0 Å². The quantitative estimate of drug-likeness (QED) is 0.636. The Morgan fingerprint density at radius 1 is 1.29 bits per heavy atom. The minimum Gasteiger partial charge on any atom is -0.481 e. The molecule has 0 radical (unpaired) electrons. The molecular formula is C11H18O6. The third kappa shape index (κ3) is 6.68. The number of hydrogen-bond acceptors (Lipinski definition) is 5. The lowest BCUT2D eigenvalue weighted by Crippen LogP contribution is -2.31. The number of carboxylic acid groups (broad SMARTS) is 1. The van der Waals surface area contributed by atoms with E-state index in [2.05, 4.69) is 0 Å². The number of carboxylic acids is 1. The van der Waals surface area contributed by atoms with Crippen LogP contribution in [0.5, 0.6) is 0 Å². The Morgan fingerprint density at radius 3 is 2.29 bits per heavy atom. The molecule has 0 amide bonds. The second kappa shape index (κ2) is 7.78. The summed E-state index contributed by atoms with van der Waals surface area (Å²) >= 11 is 0. The van der Waals surface area contributed by atoms with E-state index in [0.717, 1.165) is 0 Å². The van der Waals surface area contributed by atoms with Crippen molar-refractivity contribution in [2.75, 3.05) is 7.11 Å². The van der Waals surface area contributed by atoms with Gasteiger partial charge in [-0.05, 0) is 26.7 Å². The van der Waals surface area contributed by atoms with Crippen molar-refractivity contribution < 1.29 is 29.0 Å². The molecule has 0 saturated heterocycles. The molecule has 0 aromatic heterocycles. The summed E-state index contributed by atoms with van der Waals surface area (Å²) in [5.41, 5.74) is 0. The minimum absolute atomic E-state index is 0.0544. The summed E-state index contributed by atoms with van der Waals surface area (Å²) in [4.78, 5) is 32.9. The predicted octanol–water partition coefficient (Wildman–Crippen LogP) is 0.777. The van der Waals surface area contributed by atoms with Gasteiger partial charge in [0.2, 0.25) is 0 Å². The molecule has 17 heavy (non-hydrogen) atoms. The van der Waals surface area contributed by atoms with Crippen molar-refractivity contribution in [2.24, 2.45) is 0 Å². The number of Topliss-reactive ketones (excluding diaryl/α,β-unsaturated/α-hetero) is 1. The Bertz CT molecular complexity index is 286. The molecule has 6 heteroatoms. The number of methoxy groups -OCH3 is 1. The van der Waals surface area contributed by atoms with E-state index >= 15 is 0 Å². The molecule has 2 unspecified atom stereocenters. The summed E-state index contributed by atoms with van der Waals surface area (Å²) < 4.78 is 9.70. The highest BCUT2D eigenvalue weighted by Gasteiger charge is 2.22. The molecule has 0 aromatic rings. The highest BCUT2D eigenvalue weighted by molar-refractivity contribution is 5.84. The molecule has 0 aliphatic carbocycles. The first-order valence-corrected chi connectivity index (χ1v) is 5.34. The van der Waals surface area contributed by atoms with Gasteiger partial charge in [-0.3, -0.25) is 9.59 Å². The maximum atomic E-state index is 11.4. The highest BCUT2D eigenvalue weighted by atomic mass is 16.6. The first kappa shape index (κ1) is 15.6. The van der Waals surface area contributed by atoms with E-state index in [1.165, 1.54) is 21.0 Å². The summed E-state index contributed by atoms with van der Waals surface area (Å²) in [6.45, 7) is 2.81. The highest BCUT2D eigenvalue weighted by Crippen LogP contribution is 2.08. The second-order valence-electron chi connectivity index (χ2n) is 3.70. The van der Waals surface area contributed by atoms with Gasteiger partial charge in [0.25, 0.3) is 0 Å². The van der Waals surface area contributed by atoms with E-state index in [1.807, 2.05) is 0 Å². The molecule has 0 spiro atoms. The van der Waals surface area contributed by atoms with Gasteiger partial charge in [-0.15, -0.1) is 0 Å². The second-order valence-corrected chi connectivity index (χ2v) is 3.70. The molecule has 98 valence electrons. The molecule has 6 nitrogen and oxygen atoms in total. The summed E-state index contributed by atoms with van der Waals surface area (Å²) in [7, 11) is 1.36. The van der Waals surface area contributed by atoms with Gasteiger partial charge >= 0.3 is 11.9 Å². The van der Waals surface area contributed by atoms with Crippen molar-refractivity contribution in [3.05, 3.63) is 0 Å². The van der Waals surface area contributed by atoms with Crippen LogP contribution in [0.4, 0.5) is 0 Å². The van der Waals surface area contributed by atoms with Crippen LogP contribution < -0.4 is 0 Å². The van der Waals surface area contributed by atoms with Crippen LogP contribution in [0, 0.1) is 0 Å². The van der Waals surface area contributed by atoms with Crippen LogP contribution in [0.3, 0.4) is 0 Å². The van der Waals surface area contributed by atoms with Gasteiger partial charge < -0.3 is 14.6 Å². The fourth-order valence-electron chi connectivity index (χ4n) is 1.12. The van der Waals surface area contributed by atoms with Gasteiger partial charge in [-0.2, -0.15) is 0 Å². The van der Waals surface area contributed by atoms with E-state index in [4.69, 9.17) is 14.6 Å². The van der Waals surface area contributed by atoms with Crippen LogP contribution in [0.15, 0.2) is 0 Å². The fraction of sp³-hybridized carbons (Fsp3) is 0.727. The lowest BCUT2D eigenvalue weighted by molar-refractivity contribution is -0.163. The van der Waals surface area contributed by atoms with Crippen molar-refractivity contribution in [2.45, 2.75) is 45.3 Å². The maximum absolute atomic E-state index is 11.4. The first-order chi connectivity index (χ1) is 7.88. The van der Waals surface area contributed by atoms with E-state index < -0.39 is 24.1 Å². The zero-order chi connectivity index (χ0) is 13.4. The molecule has 0 aliphatic heterocycles. The number of ketones is 1. The monoisotopic (exact) mass is 246 g/mol. The van der Waals surface area contributed by atoms with Crippen LogP contribution in [-0.4, -0.2) is 42.1 Å². The molecule has 0 rings (SSSR count). The van der Waals surface area contributed by atoms with Gasteiger partial charge in [-0.1, -0.05) is 0 Å². The Balaban J connectivity index is 4.20. The Morgan fingerprint density at radius 2 is 1.88 bits per heavy atom. The summed E-state index contributed by atoms with van der Waals surface area (Å²) in [6.07, 6.45) is -1.19. The smallest absolute Gasteiger partial charge is 0.335 e. The van der Waals surface area contributed by atoms with E-state index in [-0.39, 0.29) is 25.0 Å². The van der Waals surface area contributed by atoms with Crippen LogP contribution in [0.1, 0.15) is 33.1 Å². The molecular weight excluding hydrogens is 228 g/mol. The zero-order valence-electron chi connectivity index (χ0n) is 10.3. The third-order valence-electron chi connectivity index (χ3n) is 2.25. The van der Waals surface area contributed by atoms with Crippen molar-refractivity contribution in [1.82, 2.24) is 0 Å². The lowest BCUT2D eigenvalue weighted by Gasteiger charge is -2.17. The number of carbonyl (C=O) groups is 3. The average molecular weight is 246 g/mol. The van der Waals surface area contributed by atoms with Gasteiger partial charge in [0.05, 0.1) is 0 Å². The molecule has 0 aromatic carbocycles. The Labute approximate surface area is 99.9 Å². The molecule has 0 heterocycles. The average Bonchev–Trinajstić information content (AvgIpc) is 2.25. The Kier molecular flexibility index (Phi) is 7.13. The third-order valence-corrected chi connectivity index (χ3v) is 2.25. The van der Waals surface area contributed by atoms with Gasteiger partial charge in [0, 0.05) is 13.5 Å².